The van der Waals surface area contributed by atoms with Gasteiger partial charge >= 0.3 is 5.97 Å². The lowest BCUT2D eigenvalue weighted by molar-refractivity contribution is -0.145. The van der Waals surface area contributed by atoms with Gasteiger partial charge in [0.25, 0.3) is 0 Å². The van der Waals surface area contributed by atoms with Gasteiger partial charge in [0, 0.05) is 0 Å². The van der Waals surface area contributed by atoms with Crippen molar-refractivity contribution in [1.29, 1.82) is 0 Å². The van der Waals surface area contributed by atoms with Gasteiger partial charge in [0.15, 0.2) is 0 Å². The fourth-order valence-corrected chi connectivity index (χ4v) is 0.547. The summed E-state index contributed by atoms with van der Waals surface area (Å²) in [6, 6.07) is 0. The van der Waals surface area contributed by atoms with Gasteiger partial charge in [0.1, 0.15) is 0 Å². The van der Waals surface area contributed by atoms with E-state index in [0.717, 1.165) is 0 Å². The van der Waals surface area contributed by atoms with Gasteiger partial charge in [0.2, 0.25) is 5.91 Å². The van der Waals surface area contributed by atoms with Crippen molar-refractivity contribution in [1.82, 2.24) is 0 Å². The number of nitrogens with two attached hydrogens (primary N) is 1. The molecule has 5 nitrogen and oxygen atoms in total. The first kappa shape index (κ1) is 9.90. The molecule has 5 heteroatoms. The zero-order valence-electron chi connectivity index (χ0n) is 6.15. The highest BCUT2D eigenvalue weighted by Crippen LogP contribution is 2.05. The number of hydrogen-bond acceptors (Lipinski definition) is 3. The van der Waals surface area contributed by atoms with Gasteiger partial charge in [-0.2, -0.15) is 0 Å². The second-order valence-electron chi connectivity index (χ2n) is 2.36. The molecule has 0 aliphatic carbocycles. The summed E-state index contributed by atoms with van der Waals surface area (Å²) in [7, 11) is 0. The number of carboxylic acid groups (broad SMARTS) is 1. The number of aliphatic carboxylic acids is 1. The minimum atomic E-state index is -1.19. The molecule has 0 rings (SSSR count). The second kappa shape index (κ2) is 3.92. The maximum Gasteiger partial charge on any atom is 0.308 e. The van der Waals surface area contributed by atoms with Crippen molar-refractivity contribution in [3.63, 3.8) is 0 Å². The summed E-state index contributed by atoms with van der Waals surface area (Å²) in [6.07, 6.45) is -1.50. The zero-order chi connectivity index (χ0) is 9.02. The molecule has 11 heavy (non-hydrogen) atoms. The van der Waals surface area contributed by atoms with E-state index in [4.69, 9.17) is 15.9 Å². The zero-order valence-corrected chi connectivity index (χ0v) is 6.15. The van der Waals surface area contributed by atoms with Crippen molar-refractivity contribution >= 4 is 11.9 Å². The third kappa shape index (κ3) is 3.57. The summed E-state index contributed by atoms with van der Waals surface area (Å²) in [5.41, 5.74) is 4.74. The maximum atomic E-state index is 10.2. The first-order valence-electron chi connectivity index (χ1n) is 3.14. The number of primary amides is 1. The Balaban J connectivity index is 3.92. The average molecular weight is 161 g/mol. The molecule has 0 aromatic rings. The highest BCUT2D eigenvalue weighted by Gasteiger charge is 2.22. The van der Waals surface area contributed by atoms with Crippen molar-refractivity contribution in [2.45, 2.75) is 19.4 Å². The maximum absolute atomic E-state index is 10.2. The molecule has 0 bridgehead atoms. The average Bonchev–Trinajstić information content (AvgIpc) is 1.84. The first-order chi connectivity index (χ1) is 4.95. The Kier molecular flexibility index (Phi) is 3.53. The minimum Gasteiger partial charge on any atom is -0.481 e. The Hall–Kier alpha value is -1.10. The first-order valence-corrected chi connectivity index (χ1v) is 3.14. The van der Waals surface area contributed by atoms with E-state index in [1.807, 2.05) is 0 Å². The smallest absolute Gasteiger partial charge is 0.308 e. The van der Waals surface area contributed by atoms with E-state index >= 15 is 0 Å². The normalized spacial score (nSPS) is 15.5. The van der Waals surface area contributed by atoms with Crippen LogP contribution in [0.3, 0.4) is 0 Å². The molecule has 0 aromatic carbocycles. The number of aliphatic hydroxyl groups is 1. The van der Waals surface area contributed by atoms with Crippen LogP contribution in [-0.2, 0) is 9.59 Å². The largest absolute Gasteiger partial charge is 0.481 e. The molecule has 0 heterocycles. The third-order valence-corrected chi connectivity index (χ3v) is 1.38. The highest BCUT2D eigenvalue weighted by atomic mass is 16.4. The predicted molar refractivity (Wildman–Crippen MR) is 36.6 cm³/mol. The van der Waals surface area contributed by atoms with Gasteiger partial charge < -0.3 is 15.9 Å². The number of amides is 1. The van der Waals surface area contributed by atoms with E-state index in [2.05, 4.69) is 0 Å². The van der Waals surface area contributed by atoms with Gasteiger partial charge in [0.05, 0.1) is 18.4 Å². The molecule has 0 fully saturated rings. The van der Waals surface area contributed by atoms with Crippen LogP contribution in [0.2, 0.25) is 0 Å². The van der Waals surface area contributed by atoms with E-state index < -0.39 is 23.9 Å². The van der Waals surface area contributed by atoms with Crippen LogP contribution in [0.15, 0.2) is 0 Å². The minimum absolute atomic E-state index is 0.312. The molecule has 0 aromatic heterocycles. The molecular formula is C6H11NO4. The van der Waals surface area contributed by atoms with Crippen LogP contribution in [0.4, 0.5) is 0 Å². The predicted octanol–water partition coefficient (Wildman–Crippen LogP) is -1.06. The molecule has 0 radical (unpaired) electrons. The monoisotopic (exact) mass is 161 g/mol. The van der Waals surface area contributed by atoms with Crippen LogP contribution in [0, 0.1) is 5.92 Å². The Labute approximate surface area is 63.8 Å². The fraction of sp³-hybridized carbons (Fsp3) is 0.667. The molecule has 1 unspecified atom stereocenters. The third-order valence-electron chi connectivity index (χ3n) is 1.38. The Morgan fingerprint density at radius 3 is 2.27 bits per heavy atom. The van der Waals surface area contributed by atoms with E-state index in [1.54, 1.807) is 0 Å². The summed E-state index contributed by atoms with van der Waals surface area (Å²) < 4.78 is 0. The van der Waals surface area contributed by atoms with Gasteiger partial charge in [-0.1, -0.05) is 0 Å². The molecule has 0 saturated carbocycles. The summed E-state index contributed by atoms with van der Waals surface area (Å²) in [4.78, 5) is 20.4. The van der Waals surface area contributed by atoms with Crippen molar-refractivity contribution in [2.75, 3.05) is 0 Å². The second-order valence-corrected chi connectivity index (χ2v) is 2.36. The van der Waals surface area contributed by atoms with Gasteiger partial charge in [-0.25, -0.2) is 0 Å². The molecule has 64 valence electrons. The van der Waals surface area contributed by atoms with Crippen molar-refractivity contribution in [2.24, 2.45) is 11.7 Å². The topological polar surface area (TPSA) is 101 Å². The highest BCUT2D eigenvalue weighted by molar-refractivity contribution is 5.76. The van der Waals surface area contributed by atoms with Crippen LogP contribution >= 0.6 is 0 Å². The van der Waals surface area contributed by atoms with Gasteiger partial charge in [-0.05, 0) is 6.92 Å². The lowest BCUT2D eigenvalue weighted by atomic mass is 10.0. The molecule has 1 amide bonds. The van der Waals surface area contributed by atoms with Gasteiger partial charge in [-0.15, -0.1) is 0 Å². The molecule has 0 aliphatic heterocycles. The number of rotatable bonds is 4. The molecule has 2 atom stereocenters. The van der Waals surface area contributed by atoms with Gasteiger partial charge in [-0.3, -0.25) is 9.59 Å². The number of aliphatic hydroxyl groups excluding tert-OH is 1. The molecule has 4 N–H and O–H groups in total. The Morgan fingerprint density at radius 2 is 2.00 bits per heavy atom. The molecule has 0 aliphatic rings. The van der Waals surface area contributed by atoms with Crippen molar-refractivity contribution in [3.05, 3.63) is 0 Å². The van der Waals surface area contributed by atoms with Crippen LogP contribution in [-0.4, -0.2) is 28.2 Å². The summed E-state index contributed by atoms with van der Waals surface area (Å²) >= 11 is 0. The van der Waals surface area contributed by atoms with E-state index in [1.165, 1.54) is 6.92 Å². The number of carboxylic acids is 1. The summed E-state index contributed by atoms with van der Waals surface area (Å²) in [5, 5.41) is 17.3. The van der Waals surface area contributed by atoms with Crippen molar-refractivity contribution < 1.29 is 19.8 Å². The van der Waals surface area contributed by atoms with E-state index in [9.17, 15) is 9.59 Å². The Bertz CT molecular complexity index is 168. The SMILES string of the molecule is C[C@H](C(=O)O)C(O)CC(N)=O. The lowest BCUT2D eigenvalue weighted by Crippen LogP contribution is -2.30. The summed E-state index contributed by atoms with van der Waals surface area (Å²) in [5.74, 6) is -2.80. The van der Waals surface area contributed by atoms with E-state index in [-0.39, 0.29) is 6.42 Å². The molecule has 0 saturated heterocycles. The molecule has 0 spiro atoms. The molecular weight excluding hydrogens is 150 g/mol. The standard InChI is InChI=1S/C6H11NO4/c1-3(6(10)11)4(8)2-5(7)9/h3-4,8H,2H2,1H3,(H2,7,9)(H,10,11)/t3-,4?/m0/s1. The van der Waals surface area contributed by atoms with Crippen LogP contribution in [0.5, 0.6) is 0 Å². The van der Waals surface area contributed by atoms with E-state index in [0.29, 0.717) is 0 Å². The fourth-order valence-electron chi connectivity index (χ4n) is 0.547. The van der Waals surface area contributed by atoms with Crippen LogP contribution in [0.1, 0.15) is 13.3 Å². The quantitative estimate of drug-likeness (QED) is 0.489. The van der Waals surface area contributed by atoms with Crippen LogP contribution in [0.25, 0.3) is 0 Å². The number of carbonyl (C=O) groups is 2. The number of carbonyl (C=O) groups excluding carboxylic acids is 1. The number of hydrogen-bond donors (Lipinski definition) is 3. The van der Waals surface area contributed by atoms with Crippen molar-refractivity contribution in [3.8, 4) is 0 Å². The lowest BCUT2D eigenvalue weighted by Gasteiger charge is -2.11. The van der Waals surface area contributed by atoms with Crippen LogP contribution < -0.4 is 5.73 Å². The summed E-state index contributed by atoms with van der Waals surface area (Å²) in [6.45, 7) is 1.32. The Morgan fingerprint density at radius 1 is 1.55 bits per heavy atom.